The summed E-state index contributed by atoms with van der Waals surface area (Å²) in [7, 11) is -4.64. The molecule has 0 amide bonds. The average molecular weight is 483 g/mol. The van der Waals surface area contributed by atoms with Gasteiger partial charge in [0.05, 0.1) is 16.5 Å². The number of aromatic nitrogens is 3. The van der Waals surface area contributed by atoms with Gasteiger partial charge in [0, 0.05) is 10.6 Å². The smallest absolute Gasteiger partial charge is 0.217 e. The lowest BCUT2D eigenvalue weighted by molar-refractivity contribution is -0.189. The number of aryl methyl sites for hydroxylation is 1. The molecule has 0 spiro atoms. The van der Waals surface area contributed by atoms with Crippen LogP contribution in [0.15, 0.2) is 47.9 Å². The Morgan fingerprint density at radius 3 is 2.68 bits per heavy atom. The predicted octanol–water partition coefficient (Wildman–Crippen LogP) is 3.75. The summed E-state index contributed by atoms with van der Waals surface area (Å²) >= 11 is 12.5. The van der Waals surface area contributed by atoms with E-state index in [0.29, 0.717) is 26.7 Å². The Balaban J connectivity index is 1.80. The van der Waals surface area contributed by atoms with Gasteiger partial charge < -0.3 is 14.0 Å². The summed E-state index contributed by atoms with van der Waals surface area (Å²) in [5.74, 6) is -1.33. The Labute approximate surface area is 189 Å². The summed E-state index contributed by atoms with van der Waals surface area (Å²) in [6.07, 6.45) is 2.27. The van der Waals surface area contributed by atoms with E-state index in [2.05, 4.69) is 10.1 Å². The number of nitrogens with zero attached hydrogens (tertiary/aromatic N) is 3. The van der Waals surface area contributed by atoms with Crippen LogP contribution in [-0.2, 0) is 31.9 Å². The molecular formula is C20H18Cl2N3O5S-. The molecule has 8 nitrogen and oxygen atoms in total. The van der Waals surface area contributed by atoms with Crippen LogP contribution in [0.3, 0.4) is 0 Å². The second-order valence-corrected chi connectivity index (χ2v) is 9.45. The quantitative estimate of drug-likeness (QED) is 0.509. The fraction of sp³-hybridized carbons (Fsp3) is 0.300. The minimum absolute atomic E-state index is 0.109. The lowest BCUT2D eigenvalue weighted by Gasteiger charge is -2.30. The molecule has 2 atom stereocenters. The first-order valence-electron chi connectivity index (χ1n) is 9.26. The summed E-state index contributed by atoms with van der Waals surface area (Å²) in [6, 6.07) is 7.87. The first-order valence-corrected chi connectivity index (χ1v) is 11.4. The number of benzene rings is 2. The van der Waals surface area contributed by atoms with Gasteiger partial charge in [-0.2, -0.15) is 5.10 Å². The standard InChI is InChI=1S/C20H19Cl2N3O5S/c1-12-3-6-18(31(26,27)28)13(2)19(12)17-8-29-20(30-17,9-25-11-23-10-24-25)15-5-4-14(21)7-16(15)22/h3-7,10-11,17H,8-9H2,1-2H3,(H,26,27,28)/p-1. The number of rotatable bonds is 5. The van der Waals surface area contributed by atoms with Crippen LogP contribution in [0, 0.1) is 13.8 Å². The van der Waals surface area contributed by atoms with E-state index in [4.69, 9.17) is 32.7 Å². The second kappa shape index (κ2) is 8.16. The summed E-state index contributed by atoms with van der Waals surface area (Å²) in [4.78, 5) is 3.67. The van der Waals surface area contributed by atoms with Crippen LogP contribution in [0.4, 0.5) is 0 Å². The van der Waals surface area contributed by atoms with E-state index in [1.54, 1.807) is 35.9 Å². The third kappa shape index (κ3) is 4.21. The summed E-state index contributed by atoms with van der Waals surface area (Å²) < 4.78 is 49.2. The number of hydrogen-bond donors (Lipinski definition) is 0. The zero-order chi connectivity index (χ0) is 22.4. The Morgan fingerprint density at radius 2 is 2.03 bits per heavy atom. The van der Waals surface area contributed by atoms with Gasteiger partial charge in [-0.15, -0.1) is 0 Å². The van der Waals surface area contributed by atoms with Crippen molar-refractivity contribution in [2.45, 2.75) is 37.2 Å². The van der Waals surface area contributed by atoms with Gasteiger partial charge in [0.2, 0.25) is 5.79 Å². The SMILES string of the molecule is Cc1ccc(S(=O)(=O)[O-])c(C)c1C1COC(Cn2cncn2)(c2ccc(Cl)cc2Cl)O1. The third-order valence-electron chi connectivity index (χ3n) is 5.25. The second-order valence-electron chi connectivity index (χ2n) is 7.26. The van der Waals surface area contributed by atoms with E-state index >= 15 is 0 Å². The molecule has 0 saturated carbocycles. The fourth-order valence-corrected chi connectivity index (χ4v) is 5.17. The molecule has 1 aromatic heterocycles. The van der Waals surface area contributed by atoms with Crippen LogP contribution in [0.1, 0.15) is 28.4 Å². The first kappa shape index (κ1) is 22.2. The normalized spacial score (nSPS) is 21.5. The Bertz CT molecular complexity index is 1230. The molecule has 1 aliphatic heterocycles. The fourth-order valence-electron chi connectivity index (χ4n) is 3.90. The van der Waals surface area contributed by atoms with Gasteiger partial charge in [-0.3, -0.25) is 0 Å². The third-order valence-corrected chi connectivity index (χ3v) is 6.78. The maximum Gasteiger partial charge on any atom is 0.217 e. The minimum atomic E-state index is -4.64. The molecule has 0 radical (unpaired) electrons. The van der Waals surface area contributed by atoms with Gasteiger partial charge in [-0.05, 0) is 48.7 Å². The molecule has 0 N–H and O–H groups in total. The van der Waals surface area contributed by atoms with Crippen LogP contribution in [0.2, 0.25) is 10.0 Å². The highest BCUT2D eigenvalue weighted by Gasteiger charge is 2.46. The Morgan fingerprint density at radius 1 is 1.26 bits per heavy atom. The van der Waals surface area contributed by atoms with Crippen molar-refractivity contribution in [3.63, 3.8) is 0 Å². The largest absolute Gasteiger partial charge is 0.744 e. The highest BCUT2D eigenvalue weighted by Crippen LogP contribution is 2.46. The molecule has 2 aromatic carbocycles. The van der Waals surface area contributed by atoms with Crippen LogP contribution in [-0.4, -0.2) is 34.3 Å². The zero-order valence-electron chi connectivity index (χ0n) is 16.6. The van der Waals surface area contributed by atoms with Gasteiger partial charge in [-0.1, -0.05) is 35.3 Å². The van der Waals surface area contributed by atoms with Gasteiger partial charge in [0.1, 0.15) is 35.4 Å². The van der Waals surface area contributed by atoms with E-state index in [9.17, 15) is 13.0 Å². The van der Waals surface area contributed by atoms with E-state index < -0.39 is 22.0 Å². The Hall–Kier alpha value is -2.01. The van der Waals surface area contributed by atoms with Crippen LogP contribution in [0.5, 0.6) is 0 Å². The van der Waals surface area contributed by atoms with Crippen LogP contribution < -0.4 is 0 Å². The molecule has 3 aromatic rings. The van der Waals surface area contributed by atoms with Gasteiger partial charge in [0.15, 0.2) is 0 Å². The molecule has 4 rings (SSSR count). The molecule has 11 heteroatoms. The van der Waals surface area contributed by atoms with E-state index in [0.717, 1.165) is 5.56 Å². The zero-order valence-corrected chi connectivity index (χ0v) is 18.9. The van der Waals surface area contributed by atoms with Gasteiger partial charge >= 0.3 is 0 Å². The maximum absolute atomic E-state index is 11.7. The molecule has 0 aliphatic carbocycles. The lowest BCUT2D eigenvalue weighted by atomic mass is 9.98. The lowest BCUT2D eigenvalue weighted by Crippen LogP contribution is -2.33. The molecule has 2 unspecified atom stereocenters. The summed E-state index contributed by atoms with van der Waals surface area (Å²) in [5, 5.41) is 4.94. The summed E-state index contributed by atoms with van der Waals surface area (Å²) in [6.45, 7) is 3.66. The van der Waals surface area contributed by atoms with Crippen molar-refractivity contribution in [1.29, 1.82) is 0 Å². The van der Waals surface area contributed by atoms with Crippen molar-refractivity contribution >= 4 is 33.3 Å². The Kier molecular flexibility index (Phi) is 5.84. The predicted molar refractivity (Wildman–Crippen MR) is 112 cm³/mol. The maximum atomic E-state index is 11.7. The minimum Gasteiger partial charge on any atom is -0.744 e. The van der Waals surface area contributed by atoms with Crippen molar-refractivity contribution in [3.05, 3.63) is 75.3 Å². The molecular weight excluding hydrogens is 465 g/mol. The van der Waals surface area contributed by atoms with Crippen molar-refractivity contribution in [1.82, 2.24) is 14.8 Å². The molecule has 31 heavy (non-hydrogen) atoms. The number of ether oxygens (including phenoxy) is 2. The van der Waals surface area contributed by atoms with E-state index in [1.807, 2.05) is 6.92 Å². The van der Waals surface area contributed by atoms with Crippen LogP contribution >= 0.6 is 23.2 Å². The van der Waals surface area contributed by atoms with E-state index in [-0.39, 0.29) is 18.0 Å². The topological polar surface area (TPSA) is 106 Å². The van der Waals surface area contributed by atoms with Crippen molar-refractivity contribution in [2.75, 3.05) is 6.61 Å². The molecule has 2 heterocycles. The van der Waals surface area contributed by atoms with Crippen LogP contribution in [0.25, 0.3) is 0 Å². The number of halogens is 2. The monoisotopic (exact) mass is 482 g/mol. The van der Waals surface area contributed by atoms with Crippen molar-refractivity contribution in [2.24, 2.45) is 0 Å². The van der Waals surface area contributed by atoms with Gasteiger partial charge in [-0.25, -0.2) is 18.1 Å². The average Bonchev–Trinajstić information content (AvgIpc) is 3.32. The van der Waals surface area contributed by atoms with Crippen molar-refractivity contribution < 1.29 is 22.4 Å². The van der Waals surface area contributed by atoms with Gasteiger partial charge in [0.25, 0.3) is 0 Å². The highest BCUT2D eigenvalue weighted by molar-refractivity contribution is 7.85. The highest BCUT2D eigenvalue weighted by atomic mass is 35.5. The molecule has 0 bridgehead atoms. The molecule has 1 aliphatic rings. The summed E-state index contributed by atoms with van der Waals surface area (Å²) in [5.41, 5.74) is 2.24. The van der Waals surface area contributed by atoms with E-state index in [1.165, 1.54) is 18.7 Å². The molecule has 164 valence electrons. The van der Waals surface area contributed by atoms with Crippen molar-refractivity contribution in [3.8, 4) is 0 Å². The molecule has 1 fully saturated rings. The molecule has 1 saturated heterocycles. The first-order chi connectivity index (χ1) is 14.6. The number of hydrogen-bond acceptors (Lipinski definition) is 7.